The molecule has 1 aliphatic carbocycles. The average molecular weight is 321 g/mol. The Bertz CT molecular complexity index is 297. The van der Waals surface area contributed by atoms with E-state index < -0.39 is 0 Å². The molecule has 0 bridgehead atoms. The van der Waals surface area contributed by atoms with E-state index in [0.29, 0.717) is 25.8 Å². The Morgan fingerprint density at radius 1 is 1.14 bits per heavy atom. The summed E-state index contributed by atoms with van der Waals surface area (Å²) in [5.41, 5.74) is 5.54. The van der Waals surface area contributed by atoms with Crippen LogP contribution in [-0.4, -0.2) is 43.9 Å². The molecule has 1 saturated carbocycles. The van der Waals surface area contributed by atoms with Gasteiger partial charge in [0.2, 0.25) is 5.91 Å². The summed E-state index contributed by atoms with van der Waals surface area (Å²) >= 11 is 0. The lowest BCUT2D eigenvalue weighted by molar-refractivity contribution is -0.132. The zero-order valence-electron chi connectivity index (χ0n) is 12.7. The molecule has 0 aromatic heterocycles. The first-order chi connectivity index (χ1) is 9.79. The lowest BCUT2D eigenvalue weighted by atomic mass is 10.1. The van der Waals surface area contributed by atoms with Gasteiger partial charge in [0, 0.05) is 13.1 Å². The largest absolute Gasteiger partial charge is 0.376 e. The van der Waals surface area contributed by atoms with E-state index in [1.54, 1.807) is 0 Å². The summed E-state index contributed by atoms with van der Waals surface area (Å²) in [4.78, 5) is 11.9. The van der Waals surface area contributed by atoms with Gasteiger partial charge < -0.3 is 20.5 Å². The van der Waals surface area contributed by atoms with E-state index in [-0.39, 0.29) is 30.5 Å². The van der Waals surface area contributed by atoms with E-state index in [2.05, 4.69) is 5.32 Å². The number of hydrogen-bond acceptors (Lipinski definition) is 4. The lowest BCUT2D eigenvalue weighted by Crippen LogP contribution is -2.37. The minimum absolute atomic E-state index is 0. The molecule has 1 aliphatic heterocycles. The van der Waals surface area contributed by atoms with Gasteiger partial charge in [0.15, 0.2) is 0 Å². The Hall–Kier alpha value is -0.360. The maximum Gasteiger partial charge on any atom is 0.249 e. The molecule has 1 amide bonds. The minimum Gasteiger partial charge on any atom is -0.376 e. The molecular weight excluding hydrogens is 292 g/mol. The minimum atomic E-state index is -0.318. The molecule has 1 heterocycles. The number of carbonyl (C=O) groups is 1. The van der Waals surface area contributed by atoms with Crippen molar-refractivity contribution >= 4 is 18.3 Å². The number of halogens is 1. The van der Waals surface area contributed by atoms with Crippen molar-refractivity contribution in [2.24, 2.45) is 5.73 Å². The van der Waals surface area contributed by atoms with E-state index in [9.17, 15) is 4.79 Å². The molecule has 2 fully saturated rings. The first-order valence-electron chi connectivity index (χ1n) is 8.04. The molecule has 2 aliphatic rings. The first-order valence-corrected chi connectivity index (χ1v) is 8.04. The Morgan fingerprint density at radius 2 is 1.86 bits per heavy atom. The molecule has 0 aromatic rings. The highest BCUT2D eigenvalue weighted by Gasteiger charge is 2.29. The quantitative estimate of drug-likeness (QED) is 0.578. The summed E-state index contributed by atoms with van der Waals surface area (Å²) in [6.45, 7) is 1.67. The molecule has 21 heavy (non-hydrogen) atoms. The third-order valence-electron chi connectivity index (χ3n) is 4.22. The second-order valence-corrected chi connectivity index (χ2v) is 5.84. The molecule has 2 rings (SSSR count). The van der Waals surface area contributed by atoms with Gasteiger partial charge in [-0.2, -0.15) is 0 Å². The Kier molecular flexibility index (Phi) is 9.24. The molecule has 1 saturated heterocycles. The molecule has 5 nitrogen and oxygen atoms in total. The number of nitrogens with two attached hydrogens (primary N) is 1. The van der Waals surface area contributed by atoms with Crippen molar-refractivity contribution in [3.63, 3.8) is 0 Å². The van der Waals surface area contributed by atoms with Gasteiger partial charge in [-0.15, -0.1) is 12.4 Å². The van der Waals surface area contributed by atoms with Crippen molar-refractivity contribution in [1.82, 2.24) is 5.32 Å². The molecule has 6 heteroatoms. The predicted molar refractivity (Wildman–Crippen MR) is 84.6 cm³/mol. The van der Waals surface area contributed by atoms with Crippen LogP contribution >= 0.6 is 12.4 Å². The van der Waals surface area contributed by atoms with Crippen molar-refractivity contribution < 1.29 is 14.3 Å². The monoisotopic (exact) mass is 320 g/mol. The summed E-state index contributed by atoms with van der Waals surface area (Å²) in [5, 5.41) is 2.89. The topological polar surface area (TPSA) is 73.6 Å². The fourth-order valence-electron chi connectivity index (χ4n) is 2.99. The molecule has 2 atom stereocenters. The van der Waals surface area contributed by atoms with Crippen molar-refractivity contribution in [1.29, 1.82) is 0 Å². The standard InChI is InChI=1S/C15H28N2O3.ClH/c16-11-13-7-8-14(20-13)15(18)17-9-10-19-12-5-3-1-2-4-6-12;/h12-14H,1-11,16H2,(H,17,18);1H/t13-,14+;/m1./s1. The van der Waals surface area contributed by atoms with Crippen LogP contribution in [-0.2, 0) is 14.3 Å². The van der Waals surface area contributed by atoms with E-state index in [4.69, 9.17) is 15.2 Å². The Balaban J connectivity index is 0.00000220. The summed E-state index contributed by atoms with van der Waals surface area (Å²) in [6.07, 6.45) is 9.31. The fraction of sp³-hybridized carbons (Fsp3) is 0.933. The normalized spacial score (nSPS) is 26.9. The summed E-state index contributed by atoms with van der Waals surface area (Å²) in [7, 11) is 0. The van der Waals surface area contributed by atoms with Crippen LogP contribution in [0.2, 0.25) is 0 Å². The fourth-order valence-corrected chi connectivity index (χ4v) is 2.99. The molecule has 0 unspecified atom stereocenters. The molecule has 124 valence electrons. The highest BCUT2D eigenvalue weighted by molar-refractivity contribution is 5.85. The summed E-state index contributed by atoms with van der Waals surface area (Å²) in [6, 6.07) is 0. The Labute approximate surface area is 133 Å². The van der Waals surface area contributed by atoms with Crippen LogP contribution < -0.4 is 11.1 Å². The summed E-state index contributed by atoms with van der Waals surface area (Å²) < 4.78 is 11.4. The number of carbonyl (C=O) groups excluding carboxylic acids is 1. The van der Waals surface area contributed by atoms with Gasteiger partial charge in [-0.3, -0.25) is 4.79 Å². The predicted octanol–water partition coefficient (Wildman–Crippen LogP) is 1.77. The maximum atomic E-state index is 11.9. The number of nitrogens with one attached hydrogen (secondary N) is 1. The van der Waals surface area contributed by atoms with Gasteiger partial charge in [-0.05, 0) is 25.7 Å². The number of ether oxygens (including phenoxy) is 2. The van der Waals surface area contributed by atoms with Crippen LogP contribution in [0.25, 0.3) is 0 Å². The third kappa shape index (κ3) is 6.51. The van der Waals surface area contributed by atoms with Crippen molar-refractivity contribution in [2.45, 2.75) is 69.7 Å². The zero-order chi connectivity index (χ0) is 14.2. The molecule has 0 aromatic carbocycles. The van der Waals surface area contributed by atoms with E-state index in [1.807, 2.05) is 0 Å². The number of amides is 1. The first kappa shape index (κ1) is 18.7. The summed E-state index contributed by atoms with van der Waals surface area (Å²) in [5.74, 6) is -0.0228. The molecule has 3 N–H and O–H groups in total. The van der Waals surface area contributed by atoms with Gasteiger partial charge in [0.1, 0.15) is 6.10 Å². The van der Waals surface area contributed by atoms with Crippen molar-refractivity contribution in [2.75, 3.05) is 19.7 Å². The highest BCUT2D eigenvalue weighted by atomic mass is 35.5. The zero-order valence-corrected chi connectivity index (χ0v) is 13.5. The van der Waals surface area contributed by atoms with Crippen LogP contribution in [0.5, 0.6) is 0 Å². The molecular formula is C15H29ClN2O3. The van der Waals surface area contributed by atoms with E-state index in [1.165, 1.54) is 25.7 Å². The van der Waals surface area contributed by atoms with E-state index >= 15 is 0 Å². The van der Waals surface area contributed by atoms with Gasteiger partial charge in [-0.25, -0.2) is 0 Å². The van der Waals surface area contributed by atoms with Gasteiger partial charge in [-0.1, -0.05) is 25.7 Å². The highest BCUT2D eigenvalue weighted by Crippen LogP contribution is 2.20. The van der Waals surface area contributed by atoms with Crippen LogP contribution in [0.15, 0.2) is 0 Å². The number of hydrogen-bond donors (Lipinski definition) is 2. The van der Waals surface area contributed by atoms with Crippen LogP contribution in [0.1, 0.15) is 51.4 Å². The average Bonchev–Trinajstić information content (AvgIpc) is 2.80. The van der Waals surface area contributed by atoms with Gasteiger partial charge in [0.25, 0.3) is 0 Å². The van der Waals surface area contributed by atoms with Gasteiger partial charge >= 0.3 is 0 Å². The van der Waals surface area contributed by atoms with Crippen LogP contribution in [0.3, 0.4) is 0 Å². The third-order valence-corrected chi connectivity index (χ3v) is 4.22. The number of rotatable bonds is 6. The van der Waals surface area contributed by atoms with Crippen molar-refractivity contribution in [3.05, 3.63) is 0 Å². The SMILES string of the molecule is Cl.NC[C@H]1CC[C@@H](C(=O)NCCOC2CCCCCC2)O1. The van der Waals surface area contributed by atoms with Crippen LogP contribution in [0.4, 0.5) is 0 Å². The molecule has 0 spiro atoms. The lowest BCUT2D eigenvalue weighted by Gasteiger charge is -2.16. The smallest absolute Gasteiger partial charge is 0.249 e. The van der Waals surface area contributed by atoms with Crippen molar-refractivity contribution in [3.8, 4) is 0 Å². The molecule has 0 radical (unpaired) electrons. The van der Waals surface area contributed by atoms with Crippen LogP contribution in [0, 0.1) is 0 Å². The van der Waals surface area contributed by atoms with E-state index in [0.717, 1.165) is 25.7 Å². The second kappa shape index (κ2) is 10.4. The Morgan fingerprint density at radius 3 is 2.48 bits per heavy atom. The van der Waals surface area contributed by atoms with Gasteiger partial charge in [0.05, 0.1) is 18.8 Å². The second-order valence-electron chi connectivity index (χ2n) is 5.84. The maximum absolute atomic E-state index is 11.9.